The van der Waals surface area contributed by atoms with Crippen LogP contribution < -0.4 is 4.74 Å². The van der Waals surface area contributed by atoms with Crippen LogP contribution in [0, 0.1) is 0 Å². The van der Waals surface area contributed by atoms with Crippen molar-refractivity contribution in [2.24, 2.45) is 0 Å². The molecule has 0 aliphatic rings. The molecule has 0 amide bonds. The van der Waals surface area contributed by atoms with E-state index in [9.17, 15) is 4.79 Å². The van der Waals surface area contributed by atoms with E-state index >= 15 is 0 Å². The molecule has 0 fully saturated rings. The summed E-state index contributed by atoms with van der Waals surface area (Å²) in [5, 5.41) is 15.5. The Bertz CT molecular complexity index is 544. The fourth-order valence-electron chi connectivity index (χ4n) is 1.64. The molecule has 2 aromatic rings. The van der Waals surface area contributed by atoms with E-state index < -0.39 is 5.97 Å². The van der Waals surface area contributed by atoms with Crippen molar-refractivity contribution < 1.29 is 14.6 Å². The molecule has 0 spiro atoms. The van der Waals surface area contributed by atoms with E-state index in [1.165, 1.54) is 6.20 Å². The lowest BCUT2D eigenvalue weighted by Gasteiger charge is -2.09. The van der Waals surface area contributed by atoms with Crippen LogP contribution in [0.4, 0.5) is 0 Å². The van der Waals surface area contributed by atoms with Crippen molar-refractivity contribution in [3.05, 3.63) is 36.0 Å². The monoisotopic (exact) mass is 246 g/mol. The first-order valence-electron chi connectivity index (χ1n) is 5.61. The standard InChI is InChI=1S/C13H14N2O3/c1-8(2)18-10-5-3-9(4-6-10)12-11(13(16)17)7-14-15-12/h3-8H,1-2H3,(H,14,15)(H,16,17). The quantitative estimate of drug-likeness (QED) is 0.869. The molecule has 94 valence electrons. The summed E-state index contributed by atoms with van der Waals surface area (Å²) in [7, 11) is 0. The van der Waals surface area contributed by atoms with Crippen molar-refractivity contribution in [2.75, 3.05) is 0 Å². The zero-order valence-corrected chi connectivity index (χ0v) is 10.2. The highest BCUT2D eigenvalue weighted by Gasteiger charge is 2.13. The maximum absolute atomic E-state index is 11.0. The molecule has 1 heterocycles. The second-order valence-corrected chi connectivity index (χ2v) is 4.15. The first-order valence-corrected chi connectivity index (χ1v) is 5.61. The Hall–Kier alpha value is -2.30. The summed E-state index contributed by atoms with van der Waals surface area (Å²) in [6.45, 7) is 3.90. The highest BCUT2D eigenvalue weighted by Crippen LogP contribution is 2.24. The van der Waals surface area contributed by atoms with Gasteiger partial charge in [0.25, 0.3) is 0 Å². The lowest BCUT2D eigenvalue weighted by Crippen LogP contribution is -2.05. The van der Waals surface area contributed by atoms with Crippen LogP contribution in [-0.2, 0) is 0 Å². The molecule has 18 heavy (non-hydrogen) atoms. The molecule has 0 radical (unpaired) electrons. The molecule has 2 N–H and O–H groups in total. The summed E-state index contributed by atoms with van der Waals surface area (Å²) in [6.07, 6.45) is 1.41. The van der Waals surface area contributed by atoms with Gasteiger partial charge in [-0.2, -0.15) is 5.10 Å². The molecule has 1 aromatic carbocycles. The summed E-state index contributed by atoms with van der Waals surface area (Å²) in [5.41, 5.74) is 1.42. The van der Waals surface area contributed by atoms with Crippen molar-refractivity contribution in [1.29, 1.82) is 0 Å². The lowest BCUT2D eigenvalue weighted by atomic mass is 10.1. The average molecular weight is 246 g/mol. The molecular formula is C13H14N2O3. The van der Waals surface area contributed by atoms with E-state index in [1.807, 2.05) is 26.0 Å². The number of benzene rings is 1. The van der Waals surface area contributed by atoms with Gasteiger partial charge in [-0.15, -0.1) is 0 Å². The summed E-state index contributed by atoms with van der Waals surface area (Å²) in [5.74, 6) is -0.244. The number of nitrogens with one attached hydrogen (secondary N) is 1. The van der Waals surface area contributed by atoms with Crippen LogP contribution in [0.25, 0.3) is 11.3 Å². The maximum atomic E-state index is 11.0. The summed E-state index contributed by atoms with van der Waals surface area (Å²) < 4.78 is 5.52. The van der Waals surface area contributed by atoms with Crippen molar-refractivity contribution in [2.45, 2.75) is 20.0 Å². The normalized spacial score (nSPS) is 10.6. The number of H-pyrrole nitrogens is 1. The van der Waals surface area contributed by atoms with Gasteiger partial charge in [-0.1, -0.05) is 0 Å². The fourth-order valence-corrected chi connectivity index (χ4v) is 1.64. The highest BCUT2D eigenvalue weighted by atomic mass is 16.5. The molecule has 0 aliphatic heterocycles. The van der Waals surface area contributed by atoms with E-state index in [-0.39, 0.29) is 11.7 Å². The van der Waals surface area contributed by atoms with Crippen molar-refractivity contribution in [3.63, 3.8) is 0 Å². The first-order chi connectivity index (χ1) is 8.58. The number of ether oxygens (including phenoxy) is 1. The molecule has 1 aromatic heterocycles. The Morgan fingerprint density at radius 3 is 2.56 bits per heavy atom. The molecule has 0 atom stereocenters. The third-order valence-electron chi connectivity index (χ3n) is 2.38. The lowest BCUT2D eigenvalue weighted by molar-refractivity contribution is 0.0698. The van der Waals surface area contributed by atoms with Crippen LogP contribution in [0.3, 0.4) is 0 Å². The Morgan fingerprint density at radius 1 is 1.33 bits per heavy atom. The van der Waals surface area contributed by atoms with Gasteiger partial charge in [0, 0.05) is 5.56 Å². The van der Waals surface area contributed by atoms with Crippen LogP contribution in [0.15, 0.2) is 30.5 Å². The topological polar surface area (TPSA) is 75.2 Å². The Morgan fingerprint density at radius 2 is 2.00 bits per heavy atom. The number of carbonyl (C=O) groups is 1. The second kappa shape index (κ2) is 4.91. The molecule has 0 aliphatic carbocycles. The van der Waals surface area contributed by atoms with Gasteiger partial charge in [-0.3, -0.25) is 5.10 Å². The number of hydrogen-bond donors (Lipinski definition) is 2. The van der Waals surface area contributed by atoms with Crippen LogP contribution >= 0.6 is 0 Å². The minimum Gasteiger partial charge on any atom is -0.491 e. The summed E-state index contributed by atoms with van der Waals surface area (Å²) in [4.78, 5) is 11.0. The van der Waals surface area contributed by atoms with Crippen LogP contribution in [0.5, 0.6) is 5.75 Å². The highest BCUT2D eigenvalue weighted by molar-refractivity contribution is 5.94. The van der Waals surface area contributed by atoms with E-state index in [1.54, 1.807) is 12.1 Å². The van der Waals surface area contributed by atoms with Crippen molar-refractivity contribution in [3.8, 4) is 17.0 Å². The van der Waals surface area contributed by atoms with Crippen LogP contribution in [0.2, 0.25) is 0 Å². The van der Waals surface area contributed by atoms with Crippen LogP contribution in [-0.4, -0.2) is 27.4 Å². The van der Waals surface area contributed by atoms with Gasteiger partial charge in [-0.05, 0) is 38.1 Å². The number of carboxylic acid groups (broad SMARTS) is 1. The van der Waals surface area contributed by atoms with E-state index in [0.29, 0.717) is 5.69 Å². The molecule has 5 heteroatoms. The van der Waals surface area contributed by atoms with Gasteiger partial charge in [0.15, 0.2) is 0 Å². The van der Waals surface area contributed by atoms with E-state index in [0.717, 1.165) is 11.3 Å². The number of carboxylic acids is 1. The summed E-state index contributed by atoms with van der Waals surface area (Å²) in [6, 6.07) is 7.22. The maximum Gasteiger partial charge on any atom is 0.339 e. The molecular weight excluding hydrogens is 232 g/mol. The Balaban J connectivity index is 2.29. The predicted molar refractivity (Wildman–Crippen MR) is 66.7 cm³/mol. The molecule has 0 saturated carbocycles. The number of rotatable bonds is 4. The Kier molecular flexibility index (Phi) is 3.32. The summed E-state index contributed by atoms with van der Waals surface area (Å²) >= 11 is 0. The Labute approximate surface area is 104 Å². The average Bonchev–Trinajstić information content (AvgIpc) is 2.78. The molecule has 0 saturated heterocycles. The van der Waals surface area contributed by atoms with Gasteiger partial charge < -0.3 is 9.84 Å². The zero-order chi connectivity index (χ0) is 13.1. The second-order valence-electron chi connectivity index (χ2n) is 4.15. The minimum atomic E-state index is -0.999. The first kappa shape index (κ1) is 12.2. The molecule has 0 bridgehead atoms. The minimum absolute atomic E-state index is 0.109. The van der Waals surface area contributed by atoms with E-state index in [2.05, 4.69) is 10.2 Å². The molecule has 2 rings (SSSR count). The molecule has 5 nitrogen and oxygen atoms in total. The number of hydrogen-bond acceptors (Lipinski definition) is 3. The fraction of sp³-hybridized carbons (Fsp3) is 0.231. The SMILES string of the molecule is CC(C)Oc1ccc(-c2[nH]ncc2C(=O)O)cc1. The van der Waals surface area contributed by atoms with Gasteiger partial charge in [0.2, 0.25) is 0 Å². The number of aromatic carboxylic acids is 1. The van der Waals surface area contributed by atoms with Crippen molar-refractivity contribution in [1.82, 2.24) is 10.2 Å². The third-order valence-corrected chi connectivity index (χ3v) is 2.38. The van der Waals surface area contributed by atoms with E-state index in [4.69, 9.17) is 9.84 Å². The van der Waals surface area contributed by atoms with Crippen molar-refractivity contribution >= 4 is 5.97 Å². The largest absolute Gasteiger partial charge is 0.491 e. The van der Waals surface area contributed by atoms with Gasteiger partial charge in [-0.25, -0.2) is 4.79 Å². The molecule has 0 unspecified atom stereocenters. The van der Waals surface area contributed by atoms with Gasteiger partial charge in [0.05, 0.1) is 18.0 Å². The van der Waals surface area contributed by atoms with Gasteiger partial charge >= 0.3 is 5.97 Å². The smallest absolute Gasteiger partial charge is 0.339 e. The number of nitrogens with zero attached hydrogens (tertiary/aromatic N) is 1. The van der Waals surface area contributed by atoms with Gasteiger partial charge in [0.1, 0.15) is 11.3 Å². The number of aromatic nitrogens is 2. The zero-order valence-electron chi connectivity index (χ0n) is 10.2. The number of aromatic amines is 1. The predicted octanol–water partition coefficient (Wildman–Crippen LogP) is 2.56. The van der Waals surface area contributed by atoms with Crippen LogP contribution in [0.1, 0.15) is 24.2 Å². The third kappa shape index (κ3) is 2.51.